The minimum absolute atomic E-state index is 0.0273. The zero-order valence-corrected chi connectivity index (χ0v) is 32.5. The van der Waals surface area contributed by atoms with Crippen LogP contribution in [0.5, 0.6) is 0 Å². The number of hydrogen-bond acceptors (Lipinski definition) is 15. The van der Waals surface area contributed by atoms with Gasteiger partial charge in [0.15, 0.2) is 5.60 Å². The molecule has 1 aliphatic carbocycles. The molecular weight excluding hydrogens is 789 g/mol. The number of aromatic nitrogens is 2. The third-order valence-corrected chi connectivity index (χ3v) is 11.9. The second-order valence-corrected chi connectivity index (χ2v) is 17.1. The highest BCUT2D eigenvalue weighted by Crippen LogP contribution is 2.60. The van der Waals surface area contributed by atoms with Crippen molar-refractivity contribution in [1.29, 1.82) is 0 Å². The number of rotatable bonds is 12. The first kappa shape index (κ1) is 41.3. The number of ether oxygens (including phenoxy) is 3. The molecule has 0 spiro atoms. The summed E-state index contributed by atoms with van der Waals surface area (Å²) in [5.41, 5.74) is 1.45. The van der Waals surface area contributed by atoms with Crippen LogP contribution in [0.25, 0.3) is 22.3 Å². The molecule has 0 fully saturated rings. The van der Waals surface area contributed by atoms with E-state index in [4.69, 9.17) is 24.0 Å². The Kier molecular flexibility index (Phi) is 11.2. The molecule has 0 saturated heterocycles. The number of phosphoric acid groups is 2. The van der Waals surface area contributed by atoms with Crippen LogP contribution in [0, 0.1) is 12.7 Å². The van der Waals surface area contributed by atoms with E-state index < -0.39 is 82.4 Å². The maximum absolute atomic E-state index is 15.2. The fourth-order valence-corrected chi connectivity index (χ4v) is 8.72. The maximum atomic E-state index is 15.2. The lowest BCUT2D eigenvalue weighted by Crippen LogP contribution is -2.44. The lowest BCUT2D eigenvalue weighted by Gasteiger charge is -2.31. The summed E-state index contributed by atoms with van der Waals surface area (Å²) in [6.07, 6.45) is -1.65. The minimum atomic E-state index is -5.37. The van der Waals surface area contributed by atoms with Crippen LogP contribution in [0.15, 0.2) is 16.9 Å². The number of hydroxylamine groups is 1. The zero-order valence-electron chi connectivity index (χ0n) is 30.7. The largest absolute Gasteiger partial charge is 0.484 e. The molecule has 23 heteroatoms. The average molecular weight is 829 g/mol. The molecule has 3 aliphatic rings. The second-order valence-electron chi connectivity index (χ2n) is 14.0. The average Bonchev–Trinajstić information content (AvgIpc) is 3.46. The summed E-state index contributed by atoms with van der Waals surface area (Å²) in [7, 11) is -10.6. The molecule has 2 amide bonds. The number of cyclic esters (lactones) is 1. The van der Waals surface area contributed by atoms with E-state index in [2.05, 4.69) is 18.7 Å². The number of nitrogens with zero attached hydrogens (tertiary/aromatic N) is 2. The fraction of sp³-hybridized carbons (Fsp3) is 0.485. The highest BCUT2D eigenvalue weighted by molar-refractivity contribution is 7.61. The van der Waals surface area contributed by atoms with Crippen molar-refractivity contribution in [2.75, 3.05) is 20.0 Å². The summed E-state index contributed by atoms with van der Waals surface area (Å²) in [5.74, 6) is -1.42. The molecule has 6 rings (SSSR count). The summed E-state index contributed by atoms with van der Waals surface area (Å²) in [6.45, 7) is 5.22. The molecule has 0 bridgehead atoms. The molecular formula is C33H39FN4O16P2. The van der Waals surface area contributed by atoms with E-state index >= 15 is 4.39 Å². The Morgan fingerprint density at radius 1 is 1.09 bits per heavy atom. The monoisotopic (exact) mass is 828 g/mol. The van der Waals surface area contributed by atoms with Crippen LogP contribution in [0.3, 0.4) is 0 Å². The van der Waals surface area contributed by atoms with Crippen molar-refractivity contribution in [1.82, 2.24) is 20.3 Å². The number of carbonyl (C=O) groups excluding carboxylic acids is 3. The molecule has 5 N–H and O–H groups in total. The Morgan fingerprint density at radius 2 is 1.80 bits per heavy atom. The van der Waals surface area contributed by atoms with Gasteiger partial charge in [-0.3, -0.25) is 14.2 Å². The van der Waals surface area contributed by atoms with E-state index in [0.29, 0.717) is 34.1 Å². The number of esters is 1. The van der Waals surface area contributed by atoms with Gasteiger partial charge in [-0.25, -0.2) is 37.4 Å². The van der Waals surface area contributed by atoms with E-state index in [1.54, 1.807) is 34.6 Å². The molecule has 56 heavy (non-hydrogen) atoms. The van der Waals surface area contributed by atoms with Crippen LogP contribution in [0.2, 0.25) is 0 Å². The van der Waals surface area contributed by atoms with Crippen molar-refractivity contribution in [2.24, 2.45) is 0 Å². The van der Waals surface area contributed by atoms with Crippen LogP contribution in [0.1, 0.15) is 80.0 Å². The van der Waals surface area contributed by atoms with Gasteiger partial charge in [0, 0.05) is 22.6 Å². The maximum Gasteiger partial charge on any atom is 0.484 e. The van der Waals surface area contributed by atoms with Gasteiger partial charge in [-0.15, -0.1) is 0 Å². The highest BCUT2D eigenvalue weighted by atomic mass is 31.3. The number of phosphoric ester groups is 2. The van der Waals surface area contributed by atoms with Crippen molar-refractivity contribution >= 4 is 44.7 Å². The van der Waals surface area contributed by atoms with Gasteiger partial charge in [-0.05, 0) is 69.7 Å². The lowest BCUT2D eigenvalue weighted by molar-refractivity contribution is -0.172. The number of nitrogens with one attached hydrogen (secondary N) is 2. The molecule has 1 aromatic carbocycles. The first-order chi connectivity index (χ1) is 26.1. The van der Waals surface area contributed by atoms with E-state index in [1.165, 1.54) is 16.7 Å². The SMILES string of the molecule is CC[C@@]1(O)C(=O)OCc2c1cc1n(c2=O)Cc2c-1nc1cc(F)c(C)c3c1c2[C@@H](NC(=O)OCOP(=O)(O)OP(=O)(O)OCCONC(=O)OC(C)(C)C)CC3. The number of alkyl carbamates (subject to hydrolysis) is 1. The topological polar surface area (TPSA) is 270 Å². The molecule has 304 valence electrons. The van der Waals surface area contributed by atoms with Crippen molar-refractivity contribution in [3.63, 3.8) is 0 Å². The summed E-state index contributed by atoms with van der Waals surface area (Å²) in [6, 6.07) is 1.91. The minimum Gasteiger partial charge on any atom is -0.458 e. The van der Waals surface area contributed by atoms with E-state index in [-0.39, 0.29) is 54.0 Å². The summed E-state index contributed by atoms with van der Waals surface area (Å²) in [4.78, 5) is 80.2. The summed E-state index contributed by atoms with van der Waals surface area (Å²) >= 11 is 0. The number of halogens is 1. The number of aryl methyl sites for hydroxylation is 1. The summed E-state index contributed by atoms with van der Waals surface area (Å²) < 4.78 is 69.4. The molecule has 20 nitrogen and oxygen atoms in total. The van der Waals surface area contributed by atoms with Gasteiger partial charge in [0.1, 0.15) is 18.0 Å². The number of pyridine rings is 2. The van der Waals surface area contributed by atoms with Crippen LogP contribution in [0.4, 0.5) is 14.0 Å². The molecule has 2 aromatic heterocycles. The van der Waals surface area contributed by atoms with E-state index in [1.807, 2.05) is 5.48 Å². The normalized spacial score (nSPS) is 20.5. The van der Waals surface area contributed by atoms with Crippen molar-refractivity contribution in [2.45, 2.75) is 84.3 Å². The van der Waals surface area contributed by atoms with Crippen LogP contribution in [-0.2, 0) is 71.5 Å². The number of aliphatic hydroxyl groups is 1. The molecule has 4 atom stereocenters. The molecule has 2 aliphatic heterocycles. The molecule has 4 heterocycles. The zero-order chi connectivity index (χ0) is 41.0. The second kappa shape index (κ2) is 15.2. The molecule has 0 saturated carbocycles. The van der Waals surface area contributed by atoms with Gasteiger partial charge >= 0.3 is 33.8 Å². The van der Waals surface area contributed by atoms with Crippen LogP contribution >= 0.6 is 15.6 Å². The Balaban J connectivity index is 1.15. The lowest BCUT2D eigenvalue weighted by atomic mass is 9.81. The van der Waals surface area contributed by atoms with Gasteiger partial charge in [0.25, 0.3) is 5.56 Å². The molecule has 2 unspecified atom stereocenters. The third-order valence-electron chi connectivity index (χ3n) is 9.28. The first-order valence-corrected chi connectivity index (χ1v) is 20.2. The van der Waals surface area contributed by atoms with Crippen molar-refractivity contribution in [3.05, 3.63) is 61.7 Å². The number of carbonyl (C=O) groups is 3. The molecule has 0 radical (unpaired) electrons. The number of amides is 2. The number of benzene rings is 1. The Morgan fingerprint density at radius 3 is 2.50 bits per heavy atom. The predicted molar refractivity (Wildman–Crippen MR) is 188 cm³/mol. The molecule has 3 aromatic rings. The standard InChI is InChI=1S/C33H39FN4O16P2/c1-6-33(43)20-11-24-27-18(13-38(24)28(39)19(20)14-48-29(33)40)26-22(8-7-17-16(2)21(34)12-23(35-27)25(17)26)36-30(41)49-15-52-56(46,47)54-55(44,45)51-10-9-50-37-31(42)53-32(3,4)5/h11-12,22,43H,6-10,13-15H2,1-5H3,(H,36,41)(H,37,42)(H,44,45)(H,46,47)/t22-,33-/m0/s1. The number of fused-ring (bicyclic) bond motifs is 5. The van der Waals surface area contributed by atoms with Gasteiger partial charge < -0.3 is 39.0 Å². The Bertz CT molecular complexity index is 2300. The van der Waals surface area contributed by atoms with E-state index in [9.17, 15) is 43.2 Å². The summed E-state index contributed by atoms with van der Waals surface area (Å²) in [5, 5.41) is 14.4. The third kappa shape index (κ3) is 8.23. The predicted octanol–water partition coefficient (Wildman–Crippen LogP) is 3.91. The first-order valence-electron chi connectivity index (χ1n) is 17.2. The van der Waals surface area contributed by atoms with Crippen LogP contribution < -0.4 is 16.4 Å². The van der Waals surface area contributed by atoms with Crippen molar-refractivity contribution in [3.8, 4) is 11.4 Å². The number of hydrogen-bond donors (Lipinski definition) is 5. The van der Waals surface area contributed by atoms with Crippen LogP contribution in [-0.4, -0.2) is 68.2 Å². The Hall–Kier alpha value is -4.30. The van der Waals surface area contributed by atoms with Gasteiger partial charge in [-0.1, -0.05) is 6.92 Å². The quantitative estimate of drug-likeness (QED) is 0.0338. The Labute approximate surface area is 317 Å². The smallest absolute Gasteiger partial charge is 0.458 e. The highest BCUT2D eigenvalue weighted by Gasteiger charge is 2.46. The fourth-order valence-electron chi connectivity index (χ4n) is 6.81. The van der Waals surface area contributed by atoms with E-state index in [0.717, 1.165) is 0 Å². The van der Waals surface area contributed by atoms with Gasteiger partial charge in [0.2, 0.25) is 6.79 Å². The van der Waals surface area contributed by atoms with Gasteiger partial charge in [-0.2, -0.15) is 9.79 Å². The van der Waals surface area contributed by atoms with Gasteiger partial charge in [0.05, 0.1) is 48.3 Å². The van der Waals surface area contributed by atoms with Crippen molar-refractivity contribution < 1.29 is 75.2 Å².